The van der Waals surface area contributed by atoms with E-state index < -0.39 is 0 Å². The van der Waals surface area contributed by atoms with Gasteiger partial charge in [-0.05, 0) is 67.5 Å². The standard InChI is InChI=1S/C20H24N2O2S/c1-6-14-10-15(8-13(5)18(14)23)19-21-22-20(24-19)17-9-12(4)16(25-17)7-11(2)3/h8-11,23H,6-7H2,1-5H3. The number of hydrogen-bond donors (Lipinski definition) is 1. The highest BCUT2D eigenvalue weighted by atomic mass is 32.1. The van der Waals surface area contributed by atoms with E-state index in [9.17, 15) is 5.11 Å². The van der Waals surface area contributed by atoms with Crippen molar-refractivity contribution in [3.63, 3.8) is 0 Å². The number of aromatic nitrogens is 2. The zero-order valence-corrected chi connectivity index (χ0v) is 16.2. The Bertz CT molecular complexity index is 893. The van der Waals surface area contributed by atoms with Crippen molar-refractivity contribution in [2.24, 2.45) is 5.92 Å². The second-order valence-corrected chi connectivity index (χ2v) is 8.02. The summed E-state index contributed by atoms with van der Waals surface area (Å²) in [5.41, 5.74) is 3.84. The summed E-state index contributed by atoms with van der Waals surface area (Å²) < 4.78 is 5.93. The van der Waals surface area contributed by atoms with Crippen molar-refractivity contribution in [2.45, 2.75) is 47.5 Å². The first-order valence-electron chi connectivity index (χ1n) is 8.65. The molecule has 0 unspecified atom stereocenters. The van der Waals surface area contributed by atoms with Gasteiger partial charge < -0.3 is 9.52 Å². The van der Waals surface area contributed by atoms with Crippen molar-refractivity contribution in [3.05, 3.63) is 39.8 Å². The summed E-state index contributed by atoms with van der Waals surface area (Å²) >= 11 is 1.73. The molecule has 2 aromatic heterocycles. The predicted molar refractivity (Wildman–Crippen MR) is 102 cm³/mol. The van der Waals surface area contributed by atoms with Gasteiger partial charge in [0, 0.05) is 10.4 Å². The molecule has 0 atom stereocenters. The molecule has 3 aromatic rings. The first kappa shape index (κ1) is 17.7. The van der Waals surface area contributed by atoms with E-state index in [0.29, 0.717) is 23.4 Å². The maximum Gasteiger partial charge on any atom is 0.258 e. The second kappa shape index (κ2) is 7.00. The second-order valence-electron chi connectivity index (χ2n) is 6.88. The van der Waals surface area contributed by atoms with E-state index in [-0.39, 0.29) is 0 Å². The lowest BCUT2D eigenvalue weighted by Crippen LogP contribution is -1.91. The Kier molecular flexibility index (Phi) is 4.95. The number of benzene rings is 1. The number of aromatic hydroxyl groups is 1. The third-order valence-electron chi connectivity index (χ3n) is 4.26. The maximum atomic E-state index is 10.1. The molecule has 0 aliphatic rings. The number of phenolic OH excluding ortho intramolecular Hbond substituents is 1. The van der Waals surface area contributed by atoms with Crippen LogP contribution < -0.4 is 0 Å². The fourth-order valence-corrected chi connectivity index (χ4v) is 4.19. The summed E-state index contributed by atoms with van der Waals surface area (Å²) in [7, 11) is 0. The summed E-state index contributed by atoms with van der Waals surface area (Å²) in [4.78, 5) is 2.39. The normalized spacial score (nSPS) is 11.4. The highest BCUT2D eigenvalue weighted by Gasteiger charge is 2.16. The van der Waals surface area contributed by atoms with Crippen molar-refractivity contribution in [1.29, 1.82) is 0 Å². The Balaban J connectivity index is 1.94. The molecule has 1 N–H and O–H groups in total. The van der Waals surface area contributed by atoms with Gasteiger partial charge in [-0.2, -0.15) is 0 Å². The summed E-state index contributed by atoms with van der Waals surface area (Å²) in [6, 6.07) is 5.93. The topological polar surface area (TPSA) is 59.2 Å². The van der Waals surface area contributed by atoms with Crippen LogP contribution in [-0.2, 0) is 12.8 Å². The van der Waals surface area contributed by atoms with Crippen LogP contribution in [0.2, 0.25) is 0 Å². The minimum atomic E-state index is 0.346. The number of phenols is 1. The van der Waals surface area contributed by atoms with E-state index >= 15 is 0 Å². The smallest absolute Gasteiger partial charge is 0.258 e. The minimum absolute atomic E-state index is 0.346. The number of hydrogen-bond acceptors (Lipinski definition) is 5. The van der Waals surface area contributed by atoms with Gasteiger partial charge in [-0.3, -0.25) is 0 Å². The van der Waals surface area contributed by atoms with Crippen LogP contribution in [0.3, 0.4) is 0 Å². The lowest BCUT2D eigenvalue weighted by atomic mass is 10.0. The Morgan fingerprint density at radius 1 is 1.08 bits per heavy atom. The Labute approximate surface area is 152 Å². The Morgan fingerprint density at radius 2 is 1.80 bits per heavy atom. The lowest BCUT2D eigenvalue weighted by molar-refractivity contribution is 0.464. The van der Waals surface area contributed by atoms with Gasteiger partial charge in [-0.25, -0.2) is 0 Å². The summed E-state index contributed by atoms with van der Waals surface area (Å²) in [6.45, 7) is 10.5. The quantitative estimate of drug-likeness (QED) is 0.651. The zero-order valence-electron chi connectivity index (χ0n) is 15.4. The maximum absolute atomic E-state index is 10.1. The molecule has 3 rings (SSSR count). The molecule has 0 aliphatic heterocycles. The summed E-state index contributed by atoms with van der Waals surface area (Å²) in [6.07, 6.45) is 1.82. The van der Waals surface area contributed by atoms with E-state index in [1.807, 2.05) is 26.0 Å². The van der Waals surface area contributed by atoms with Crippen LogP contribution in [0.1, 0.15) is 42.3 Å². The van der Waals surface area contributed by atoms with Gasteiger partial charge in [-0.1, -0.05) is 20.8 Å². The fourth-order valence-electron chi connectivity index (χ4n) is 2.88. The minimum Gasteiger partial charge on any atom is -0.507 e. The molecule has 0 fully saturated rings. The van der Waals surface area contributed by atoms with E-state index in [1.165, 1.54) is 10.4 Å². The molecular weight excluding hydrogens is 332 g/mol. The summed E-state index contributed by atoms with van der Waals surface area (Å²) in [5, 5.41) is 18.5. The van der Waals surface area contributed by atoms with Crippen molar-refractivity contribution < 1.29 is 9.52 Å². The Hall–Kier alpha value is -2.14. The van der Waals surface area contributed by atoms with Gasteiger partial charge in [0.2, 0.25) is 5.89 Å². The van der Waals surface area contributed by atoms with E-state index in [0.717, 1.165) is 34.4 Å². The number of aryl methyl sites for hydroxylation is 3. The van der Waals surface area contributed by atoms with Gasteiger partial charge in [0.25, 0.3) is 5.89 Å². The van der Waals surface area contributed by atoms with Crippen molar-refractivity contribution in [1.82, 2.24) is 10.2 Å². The Morgan fingerprint density at radius 3 is 2.48 bits per heavy atom. The average Bonchev–Trinajstić information content (AvgIpc) is 3.17. The molecule has 0 bridgehead atoms. The van der Waals surface area contributed by atoms with Crippen LogP contribution >= 0.6 is 11.3 Å². The van der Waals surface area contributed by atoms with Crippen molar-refractivity contribution in [2.75, 3.05) is 0 Å². The molecule has 0 radical (unpaired) electrons. The molecule has 0 saturated heterocycles. The van der Waals surface area contributed by atoms with E-state index in [2.05, 4.69) is 37.0 Å². The molecule has 4 nitrogen and oxygen atoms in total. The van der Waals surface area contributed by atoms with Crippen molar-refractivity contribution in [3.8, 4) is 28.0 Å². The highest BCUT2D eigenvalue weighted by molar-refractivity contribution is 7.15. The molecule has 0 amide bonds. The fraction of sp³-hybridized carbons (Fsp3) is 0.400. The third kappa shape index (κ3) is 3.61. The van der Waals surface area contributed by atoms with Crippen LogP contribution in [0.25, 0.3) is 22.2 Å². The summed E-state index contributed by atoms with van der Waals surface area (Å²) in [5.74, 6) is 2.01. The van der Waals surface area contributed by atoms with Gasteiger partial charge in [0.15, 0.2) is 0 Å². The first-order chi connectivity index (χ1) is 11.9. The first-order valence-corrected chi connectivity index (χ1v) is 9.46. The van der Waals surface area contributed by atoms with E-state index in [1.54, 1.807) is 11.3 Å². The average molecular weight is 356 g/mol. The highest BCUT2D eigenvalue weighted by Crippen LogP contribution is 2.34. The lowest BCUT2D eigenvalue weighted by Gasteiger charge is -2.06. The molecule has 1 aromatic carbocycles. The van der Waals surface area contributed by atoms with Crippen LogP contribution in [0.5, 0.6) is 5.75 Å². The van der Waals surface area contributed by atoms with Gasteiger partial charge >= 0.3 is 0 Å². The zero-order chi connectivity index (χ0) is 18.1. The predicted octanol–water partition coefficient (Wildman–Crippen LogP) is 5.55. The van der Waals surface area contributed by atoms with Crippen LogP contribution in [0.15, 0.2) is 22.6 Å². The van der Waals surface area contributed by atoms with Crippen molar-refractivity contribution >= 4 is 11.3 Å². The molecule has 132 valence electrons. The number of rotatable bonds is 5. The largest absolute Gasteiger partial charge is 0.507 e. The molecule has 5 heteroatoms. The molecule has 0 spiro atoms. The SMILES string of the molecule is CCc1cc(-c2nnc(-c3cc(C)c(CC(C)C)s3)o2)cc(C)c1O. The monoisotopic (exact) mass is 356 g/mol. The molecule has 0 saturated carbocycles. The third-order valence-corrected chi connectivity index (χ3v) is 5.50. The van der Waals surface area contributed by atoms with Crippen LogP contribution in [0.4, 0.5) is 0 Å². The van der Waals surface area contributed by atoms with Crippen LogP contribution in [0, 0.1) is 19.8 Å². The molecular formula is C20H24N2O2S. The number of thiophene rings is 1. The van der Waals surface area contributed by atoms with E-state index in [4.69, 9.17) is 4.42 Å². The number of nitrogens with zero attached hydrogens (tertiary/aromatic N) is 2. The van der Waals surface area contributed by atoms with Crippen LogP contribution in [-0.4, -0.2) is 15.3 Å². The molecule has 25 heavy (non-hydrogen) atoms. The molecule has 0 aliphatic carbocycles. The van der Waals surface area contributed by atoms with Gasteiger partial charge in [0.1, 0.15) is 5.75 Å². The van der Waals surface area contributed by atoms with Gasteiger partial charge in [-0.15, -0.1) is 21.5 Å². The molecule has 2 heterocycles. The van der Waals surface area contributed by atoms with Gasteiger partial charge in [0.05, 0.1) is 4.88 Å².